The summed E-state index contributed by atoms with van der Waals surface area (Å²) in [6.07, 6.45) is 1.10. The third-order valence-electron chi connectivity index (χ3n) is 2.16. The third kappa shape index (κ3) is 6.79. The highest BCUT2D eigenvalue weighted by Crippen LogP contribution is 2.04. The van der Waals surface area contributed by atoms with Crippen LogP contribution in [0, 0.1) is 5.92 Å². The number of methoxy groups -OCH3 is 1. The molecule has 0 saturated carbocycles. The average Bonchev–Trinajstić information content (AvgIpc) is 2.22. The largest absolute Gasteiger partial charge is 0.468 e. The second-order valence-electron chi connectivity index (χ2n) is 3.75. The summed E-state index contributed by atoms with van der Waals surface area (Å²) in [6.45, 7) is 7.08. The number of carbonyl (C=O) groups is 1. The Labute approximate surface area is 97.3 Å². The summed E-state index contributed by atoms with van der Waals surface area (Å²) in [4.78, 5) is 11.4. The lowest BCUT2D eigenvalue weighted by molar-refractivity contribution is -0.144. The predicted molar refractivity (Wildman–Crippen MR) is 66.3 cm³/mol. The zero-order valence-electron chi connectivity index (χ0n) is 10.2. The van der Waals surface area contributed by atoms with E-state index < -0.39 is 0 Å². The Morgan fingerprint density at radius 1 is 1.47 bits per heavy atom. The SMILES string of the molecule is CCSCCCN[C@H](C(=O)OC)C(C)C. The molecule has 0 aliphatic carbocycles. The van der Waals surface area contributed by atoms with Crippen LogP contribution in [0.25, 0.3) is 0 Å². The number of ether oxygens (including phenoxy) is 1. The van der Waals surface area contributed by atoms with Crippen molar-refractivity contribution < 1.29 is 9.53 Å². The highest BCUT2D eigenvalue weighted by Gasteiger charge is 2.21. The van der Waals surface area contributed by atoms with Crippen LogP contribution >= 0.6 is 11.8 Å². The highest BCUT2D eigenvalue weighted by molar-refractivity contribution is 7.99. The van der Waals surface area contributed by atoms with Crippen LogP contribution in [0.4, 0.5) is 0 Å². The molecule has 0 aromatic rings. The van der Waals surface area contributed by atoms with E-state index in [1.165, 1.54) is 7.11 Å². The molecular formula is C11H23NO2S. The van der Waals surface area contributed by atoms with Crippen molar-refractivity contribution in [2.45, 2.75) is 33.2 Å². The molecule has 0 radical (unpaired) electrons. The van der Waals surface area contributed by atoms with Crippen LogP contribution < -0.4 is 5.32 Å². The Hall–Kier alpha value is -0.220. The molecule has 0 unspecified atom stereocenters. The first kappa shape index (κ1) is 14.8. The van der Waals surface area contributed by atoms with Gasteiger partial charge in [-0.3, -0.25) is 4.79 Å². The standard InChI is InChI=1S/C11H23NO2S/c1-5-15-8-6-7-12-10(9(2)3)11(13)14-4/h9-10,12H,5-8H2,1-4H3/t10-/m0/s1. The Bertz CT molecular complexity index is 174. The normalized spacial score (nSPS) is 12.9. The van der Waals surface area contributed by atoms with Crippen LogP contribution in [-0.2, 0) is 9.53 Å². The van der Waals surface area contributed by atoms with Gasteiger partial charge in [-0.2, -0.15) is 11.8 Å². The summed E-state index contributed by atoms with van der Waals surface area (Å²) >= 11 is 1.93. The fourth-order valence-corrected chi connectivity index (χ4v) is 1.93. The molecule has 0 aliphatic rings. The molecule has 1 N–H and O–H groups in total. The quantitative estimate of drug-likeness (QED) is 0.513. The van der Waals surface area contributed by atoms with Crippen LogP contribution in [-0.4, -0.2) is 37.2 Å². The van der Waals surface area contributed by atoms with E-state index in [0.717, 1.165) is 24.5 Å². The molecule has 1 atom stereocenters. The summed E-state index contributed by atoms with van der Waals surface area (Å²) in [6, 6.07) is -0.165. The van der Waals surface area contributed by atoms with Crippen LogP contribution in [0.1, 0.15) is 27.2 Å². The first-order valence-corrected chi connectivity index (χ1v) is 6.67. The first-order valence-electron chi connectivity index (χ1n) is 5.52. The molecule has 0 heterocycles. The van der Waals surface area contributed by atoms with Gasteiger partial charge in [0.1, 0.15) is 6.04 Å². The van der Waals surface area contributed by atoms with E-state index in [2.05, 4.69) is 12.2 Å². The Balaban J connectivity index is 3.72. The molecule has 0 bridgehead atoms. The van der Waals surface area contributed by atoms with Crippen LogP contribution in [0.5, 0.6) is 0 Å². The van der Waals surface area contributed by atoms with Crippen molar-refractivity contribution >= 4 is 17.7 Å². The molecule has 15 heavy (non-hydrogen) atoms. The fourth-order valence-electron chi connectivity index (χ4n) is 1.29. The maximum atomic E-state index is 11.4. The minimum absolute atomic E-state index is 0.159. The number of hydrogen-bond acceptors (Lipinski definition) is 4. The number of nitrogens with one attached hydrogen (secondary N) is 1. The zero-order chi connectivity index (χ0) is 11.7. The van der Waals surface area contributed by atoms with Crippen molar-refractivity contribution in [3.05, 3.63) is 0 Å². The van der Waals surface area contributed by atoms with Gasteiger partial charge in [-0.1, -0.05) is 20.8 Å². The molecule has 0 aliphatic heterocycles. The van der Waals surface area contributed by atoms with Gasteiger partial charge in [-0.25, -0.2) is 0 Å². The van der Waals surface area contributed by atoms with Gasteiger partial charge in [0.2, 0.25) is 0 Å². The van der Waals surface area contributed by atoms with E-state index >= 15 is 0 Å². The second kappa shape index (κ2) is 9.04. The predicted octanol–water partition coefficient (Wildman–Crippen LogP) is 1.92. The van der Waals surface area contributed by atoms with Gasteiger partial charge in [0.25, 0.3) is 0 Å². The summed E-state index contributed by atoms with van der Waals surface area (Å²) < 4.78 is 4.75. The monoisotopic (exact) mass is 233 g/mol. The molecule has 0 amide bonds. The Kier molecular flexibility index (Phi) is 8.91. The van der Waals surface area contributed by atoms with Gasteiger partial charge >= 0.3 is 5.97 Å². The van der Waals surface area contributed by atoms with Crippen molar-refractivity contribution in [3.63, 3.8) is 0 Å². The smallest absolute Gasteiger partial charge is 0.323 e. The van der Waals surface area contributed by atoms with E-state index in [0.29, 0.717) is 0 Å². The molecule has 0 rings (SSSR count). The highest BCUT2D eigenvalue weighted by atomic mass is 32.2. The topological polar surface area (TPSA) is 38.3 Å². The van der Waals surface area contributed by atoms with E-state index in [-0.39, 0.29) is 17.9 Å². The maximum absolute atomic E-state index is 11.4. The molecule has 0 aromatic heterocycles. The minimum atomic E-state index is -0.165. The molecule has 3 nitrogen and oxygen atoms in total. The maximum Gasteiger partial charge on any atom is 0.323 e. The van der Waals surface area contributed by atoms with Crippen molar-refractivity contribution in [1.29, 1.82) is 0 Å². The van der Waals surface area contributed by atoms with E-state index in [9.17, 15) is 4.79 Å². The van der Waals surface area contributed by atoms with Crippen molar-refractivity contribution in [2.24, 2.45) is 5.92 Å². The van der Waals surface area contributed by atoms with Gasteiger partial charge in [0, 0.05) is 0 Å². The van der Waals surface area contributed by atoms with Gasteiger partial charge in [0.05, 0.1) is 7.11 Å². The van der Waals surface area contributed by atoms with Gasteiger partial charge in [0.15, 0.2) is 0 Å². The van der Waals surface area contributed by atoms with Gasteiger partial charge < -0.3 is 10.1 Å². The molecule has 0 spiro atoms. The molecule has 90 valence electrons. The Morgan fingerprint density at radius 2 is 2.13 bits per heavy atom. The average molecular weight is 233 g/mol. The summed E-state index contributed by atoms with van der Waals surface area (Å²) in [5.41, 5.74) is 0. The lowest BCUT2D eigenvalue weighted by Gasteiger charge is -2.19. The number of carbonyl (C=O) groups excluding carboxylic acids is 1. The van der Waals surface area contributed by atoms with Crippen LogP contribution in [0.2, 0.25) is 0 Å². The van der Waals surface area contributed by atoms with Gasteiger partial charge in [-0.05, 0) is 30.4 Å². The van der Waals surface area contributed by atoms with Crippen LogP contribution in [0.3, 0.4) is 0 Å². The number of esters is 1. The van der Waals surface area contributed by atoms with Crippen molar-refractivity contribution in [1.82, 2.24) is 5.32 Å². The van der Waals surface area contributed by atoms with Gasteiger partial charge in [-0.15, -0.1) is 0 Å². The zero-order valence-corrected chi connectivity index (χ0v) is 11.0. The van der Waals surface area contributed by atoms with Crippen molar-refractivity contribution in [3.8, 4) is 0 Å². The van der Waals surface area contributed by atoms with E-state index in [4.69, 9.17) is 4.74 Å². The molecule has 0 saturated heterocycles. The molecule has 0 aromatic carbocycles. The fraction of sp³-hybridized carbons (Fsp3) is 0.909. The lowest BCUT2D eigenvalue weighted by atomic mass is 10.0. The summed E-state index contributed by atoms with van der Waals surface area (Å²) in [5.74, 6) is 2.42. The molecule has 4 heteroatoms. The van der Waals surface area contributed by atoms with E-state index in [1.54, 1.807) is 0 Å². The molecule has 0 fully saturated rings. The summed E-state index contributed by atoms with van der Waals surface area (Å²) in [7, 11) is 1.44. The first-order chi connectivity index (χ1) is 7.13. The Morgan fingerprint density at radius 3 is 2.60 bits per heavy atom. The number of rotatable bonds is 8. The number of thioether (sulfide) groups is 1. The second-order valence-corrected chi connectivity index (χ2v) is 5.14. The summed E-state index contributed by atoms with van der Waals surface area (Å²) in [5, 5.41) is 3.24. The van der Waals surface area contributed by atoms with Crippen LogP contribution in [0.15, 0.2) is 0 Å². The minimum Gasteiger partial charge on any atom is -0.468 e. The number of hydrogen-bond donors (Lipinski definition) is 1. The lowest BCUT2D eigenvalue weighted by Crippen LogP contribution is -2.42. The third-order valence-corrected chi connectivity index (χ3v) is 3.14. The molecular weight excluding hydrogens is 210 g/mol. The van der Waals surface area contributed by atoms with E-state index in [1.807, 2.05) is 25.6 Å². The van der Waals surface area contributed by atoms with Crippen molar-refractivity contribution in [2.75, 3.05) is 25.2 Å².